The van der Waals surface area contributed by atoms with Gasteiger partial charge in [0.2, 0.25) is 0 Å². The number of H-pyrrole nitrogens is 1. The van der Waals surface area contributed by atoms with E-state index in [0.29, 0.717) is 0 Å². The Labute approximate surface area is 107 Å². The molecule has 1 aromatic carbocycles. The van der Waals surface area contributed by atoms with Crippen LogP contribution in [-0.2, 0) is 0 Å². The van der Waals surface area contributed by atoms with Crippen LogP contribution in [0, 0.1) is 32.3 Å². The Kier molecular flexibility index (Phi) is 3.11. The lowest BCUT2D eigenvalue weighted by atomic mass is 9.98. The summed E-state index contributed by atoms with van der Waals surface area (Å²) < 4.78 is 0.719. The van der Waals surface area contributed by atoms with Crippen LogP contribution in [0.25, 0.3) is 11.3 Å². The van der Waals surface area contributed by atoms with Crippen LogP contribution in [0.2, 0.25) is 0 Å². The quantitative estimate of drug-likeness (QED) is 0.767. The molecule has 2 rings (SSSR count). The number of aryl methyl sites for hydroxylation is 2. The normalized spacial score (nSPS) is 10.6. The van der Waals surface area contributed by atoms with E-state index in [-0.39, 0.29) is 0 Å². The van der Waals surface area contributed by atoms with Crippen molar-refractivity contribution in [1.82, 2.24) is 10.2 Å². The maximum atomic E-state index is 5.19. The van der Waals surface area contributed by atoms with E-state index in [1.165, 1.54) is 16.7 Å². The van der Waals surface area contributed by atoms with Gasteiger partial charge in [-0.15, -0.1) is 0 Å². The summed E-state index contributed by atoms with van der Waals surface area (Å²) in [4.78, 5) is 0. The van der Waals surface area contributed by atoms with E-state index in [1.807, 2.05) is 6.92 Å². The first-order valence-electron chi connectivity index (χ1n) is 5.64. The topological polar surface area (TPSA) is 28.7 Å². The highest BCUT2D eigenvalue weighted by Gasteiger charge is 2.09. The van der Waals surface area contributed by atoms with Gasteiger partial charge in [-0.3, -0.25) is 5.10 Å². The molecule has 0 aliphatic heterocycles. The third-order valence-electron chi connectivity index (χ3n) is 3.18. The van der Waals surface area contributed by atoms with Crippen LogP contribution >= 0.6 is 12.2 Å². The molecule has 1 heterocycles. The average molecular weight is 244 g/mol. The fraction of sp³-hybridized carbons (Fsp3) is 0.286. The van der Waals surface area contributed by atoms with Crippen molar-refractivity contribution in [1.29, 1.82) is 0 Å². The van der Waals surface area contributed by atoms with Crippen molar-refractivity contribution in [2.45, 2.75) is 27.7 Å². The molecule has 0 aliphatic carbocycles. The van der Waals surface area contributed by atoms with Gasteiger partial charge in [-0.1, -0.05) is 29.9 Å². The summed E-state index contributed by atoms with van der Waals surface area (Å²) in [5.41, 5.74) is 6.91. The molecule has 2 nitrogen and oxygen atoms in total. The Morgan fingerprint density at radius 1 is 1.06 bits per heavy atom. The second-order valence-electron chi connectivity index (χ2n) is 4.47. The number of hydrogen-bond donors (Lipinski definition) is 1. The van der Waals surface area contributed by atoms with E-state index in [2.05, 4.69) is 49.2 Å². The highest BCUT2D eigenvalue weighted by atomic mass is 32.1. The SMILES string of the molecule is Cc1ccc(C)c(-c2n[nH]c(=S)c(C)c2C)c1. The van der Waals surface area contributed by atoms with Gasteiger partial charge in [0.15, 0.2) is 0 Å². The molecule has 88 valence electrons. The summed E-state index contributed by atoms with van der Waals surface area (Å²) in [6, 6.07) is 6.41. The van der Waals surface area contributed by atoms with Gasteiger partial charge in [-0.2, -0.15) is 5.10 Å². The average Bonchev–Trinajstić information content (AvgIpc) is 2.30. The number of nitrogens with one attached hydrogen (secondary N) is 1. The van der Waals surface area contributed by atoms with E-state index < -0.39 is 0 Å². The monoisotopic (exact) mass is 244 g/mol. The number of hydrogen-bond acceptors (Lipinski definition) is 2. The molecule has 17 heavy (non-hydrogen) atoms. The lowest BCUT2D eigenvalue weighted by molar-refractivity contribution is 0.985. The third-order valence-corrected chi connectivity index (χ3v) is 3.57. The Balaban J connectivity index is 2.73. The van der Waals surface area contributed by atoms with Crippen molar-refractivity contribution >= 4 is 12.2 Å². The van der Waals surface area contributed by atoms with Gasteiger partial charge in [0, 0.05) is 5.56 Å². The first kappa shape index (κ1) is 12.0. The lowest BCUT2D eigenvalue weighted by Crippen LogP contribution is -1.98. The van der Waals surface area contributed by atoms with Crippen LogP contribution in [0.3, 0.4) is 0 Å². The van der Waals surface area contributed by atoms with Gasteiger partial charge < -0.3 is 0 Å². The fourth-order valence-electron chi connectivity index (χ4n) is 1.88. The molecule has 0 amide bonds. The molecule has 0 radical (unpaired) electrons. The number of aromatic nitrogens is 2. The number of aromatic amines is 1. The molecule has 0 unspecified atom stereocenters. The molecule has 0 atom stereocenters. The molecule has 0 aliphatic rings. The Morgan fingerprint density at radius 2 is 1.76 bits per heavy atom. The lowest BCUT2D eigenvalue weighted by Gasteiger charge is -2.10. The minimum Gasteiger partial charge on any atom is -0.267 e. The highest BCUT2D eigenvalue weighted by Crippen LogP contribution is 2.26. The molecular weight excluding hydrogens is 228 g/mol. The van der Waals surface area contributed by atoms with Gasteiger partial charge in [-0.05, 0) is 50.5 Å². The van der Waals surface area contributed by atoms with Crippen LogP contribution in [-0.4, -0.2) is 10.2 Å². The van der Waals surface area contributed by atoms with Crippen LogP contribution in [0.1, 0.15) is 22.3 Å². The number of nitrogens with zero attached hydrogens (tertiary/aromatic N) is 1. The first-order valence-corrected chi connectivity index (χ1v) is 6.05. The Hall–Kier alpha value is -1.48. The Morgan fingerprint density at radius 3 is 2.47 bits per heavy atom. The predicted octanol–water partition coefficient (Wildman–Crippen LogP) is 4.04. The minimum absolute atomic E-state index is 0.719. The number of benzene rings is 1. The van der Waals surface area contributed by atoms with Crippen molar-refractivity contribution in [2.75, 3.05) is 0 Å². The predicted molar refractivity (Wildman–Crippen MR) is 73.8 cm³/mol. The summed E-state index contributed by atoms with van der Waals surface area (Å²) in [6.45, 7) is 8.30. The van der Waals surface area contributed by atoms with Crippen molar-refractivity contribution in [3.63, 3.8) is 0 Å². The second kappa shape index (κ2) is 4.41. The zero-order chi connectivity index (χ0) is 12.6. The van der Waals surface area contributed by atoms with Crippen LogP contribution < -0.4 is 0 Å². The Bertz CT molecular complexity index is 627. The van der Waals surface area contributed by atoms with Gasteiger partial charge >= 0.3 is 0 Å². The summed E-state index contributed by atoms with van der Waals surface area (Å²) in [5.74, 6) is 0. The van der Waals surface area contributed by atoms with E-state index in [1.54, 1.807) is 0 Å². The summed E-state index contributed by atoms with van der Waals surface area (Å²) >= 11 is 5.19. The standard InChI is InChI=1S/C14H16N2S/c1-8-5-6-9(2)12(7-8)13-10(3)11(4)14(17)16-15-13/h5-7H,1-4H3,(H,16,17). The summed E-state index contributed by atoms with van der Waals surface area (Å²) in [5, 5.41) is 7.30. The maximum absolute atomic E-state index is 5.19. The summed E-state index contributed by atoms with van der Waals surface area (Å²) in [7, 11) is 0. The maximum Gasteiger partial charge on any atom is 0.122 e. The molecule has 0 spiro atoms. The molecule has 0 saturated carbocycles. The van der Waals surface area contributed by atoms with Gasteiger partial charge in [0.05, 0.1) is 5.69 Å². The third kappa shape index (κ3) is 2.15. The molecule has 1 N–H and O–H groups in total. The largest absolute Gasteiger partial charge is 0.267 e. The molecule has 0 bridgehead atoms. The highest BCUT2D eigenvalue weighted by molar-refractivity contribution is 7.71. The second-order valence-corrected chi connectivity index (χ2v) is 4.88. The molecule has 0 fully saturated rings. The zero-order valence-electron chi connectivity index (χ0n) is 10.6. The first-order chi connectivity index (χ1) is 8.00. The van der Waals surface area contributed by atoms with Crippen LogP contribution in [0.15, 0.2) is 18.2 Å². The molecule has 1 aromatic heterocycles. The van der Waals surface area contributed by atoms with Crippen molar-refractivity contribution in [2.24, 2.45) is 0 Å². The molecule has 0 saturated heterocycles. The molecular formula is C14H16N2S. The van der Waals surface area contributed by atoms with Crippen LogP contribution in [0.4, 0.5) is 0 Å². The molecule has 2 aromatic rings. The summed E-state index contributed by atoms with van der Waals surface area (Å²) in [6.07, 6.45) is 0. The fourth-order valence-corrected chi connectivity index (χ4v) is 2.07. The van der Waals surface area contributed by atoms with Crippen LogP contribution in [0.5, 0.6) is 0 Å². The van der Waals surface area contributed by atoms with Crippen molar-refractivity contribution < 1.29 is 0 Å². The van der Waals surface area contributed by atoms with E-state index in [0.717, 1.165) is 21.5 Å². The smallest absolute Gasteiger partial charge is 0.122 e. The van der Waals surface area contributed by atoms with E-state index >= 15 is 0 Å². The minimum atomic E-state index is 0.719. The number of rotatable bonds is 1. The van der Waals surface area contributed by atoms with Crippen molar-refractivity contribution in [3.05, 3.63) is 45.1 Å². The van der Waals surface area contributed by atoms with Gasteiger partial charge in [0.1, 0.15) is 4.64 Å². The van der Waals surface area contributed by atoms with E-state index in [9.17, 15) is 0 Å². The van der Waals surface area contributed by atoms with Gasteiger partial charge in [-0.25, -0.2) is 0 Å². The van der Waals surface area contributed by atoms with Crippen molar-refractivity contribution in [3.8, 4) is 11.3 Å². The zero-order valence-corrected chi connectivity index (χ0v) is 11.4. The van der Waals surface area contributed by atoms with Gasteiger partial charge in [0.25, 0.3) is 0 Å². The van der Waals surface area contributed by atoms with E-state index in [4.69, 9.17) is 12.2 Å². The molecule has 3 heteroatoms.